The molecule has 0 aliphatic heterocycles. The highest BCUT2D eigenvalue weighted by molar-refractivity contribution is 7.05. The zero-order valence-corrected chi connectivity index (χ0v) is 14.2. The average molecular weight is 340 g/mol. The predicted molar refractivity (Wildman–Crippen MR) is 87.7 cm³/mol. The van der Waals surface area contributed by atoms with Gasteiger partial charge in [0.25, 0.3) is 0 Å². The van der Waals surface area contributed by atoms with E-state index in [0.717, 1.165) is 10.6 Å². The Balaban J connectivity index is 1.79. The van der Waals surface area contributed by atoms with Crippen LogP contribution in [-0.4, -0.2) is 9.59 Å². The predicted octanol–water partition coefficient (Wildman–Crippen LogP) is 4.69. The fourth-order valence-corrected chi connectivity index (χ4v) is 3.64. The number of hydrogen-bond acceptors (Lipinski definition) is 4. The molecule has 0 radical (unpaired) electrons. The molecule has 22 heavy (non-hydrogen) atoms. The van der Waals surface area contributed by atoms with Crippen LogP contribution in [0, 0.1) is 11.7 Å². The summed E-state index contributed by atoms with van der Waals surface area (Å²) in [6.07, 6.45) is 2.40. The van der Waals surface area contributed by atoms with Crippen molar-refractivity contribution < 1.29 is 4.39 Å². The van der Waals surface area contributed by atoms with E-state index in [0.29, 0.717) is 23.0 Å². The van der Waals surface area contributed by atoms with E-state index < -0.39 is 0 Å². The summed E-state index contributed by atoms with van der Waals surface area (Å²) < 4.78 is 18.3. The van der Waals surface area contributed by atoms with Crippen molar-refractivity contribution in [3.05, 3.63) is 45.2 Å². The maximum absolute atomic E-state index is 14.2. The lowest BCUT2D eigenvalue weighted by Gasteiger charge is -2.24. The maximum Gasteiger partial charge on any atom is 0.129 e. The second-order valence-corrected chi connectivity index (χ2v) is 7.34. The van der Waals surface area contributed by atoms with Crippen molar-refractivity contribution in [1.29, 1.82) is 0 Å². The Morgan fingerprint density at radius 3 is 2.82 bits per heavy atom. The molecule has 0 spiro atoms. The molecule has 0 bridgehead atoms. The molecule has 1 fully saturated rings. The molecule has 1 aromatic heterocycles. The van der Waals surface area contributed by atoms with E-state index in [-0.39, 0.29) is 17.8 Å². The molecule has 0 amide bonds. The molecular weight excluding hydrogens is 321 g/mol. The van der Waals surface area contributed by atoms with E-state index in [1.807, 2.05) is 0 Å². The van der Waals surface area contributed by atoms with E-state index >= 15 is 0 Å². The van der Waals surface area contributed by atoms with Crippen LogP contribution in [0.4, 0.5) is 4.39 Å². The smallest absolute Gasteiger partial charge is 0.129 e. The molecule has 1 atom stereocenters. The van der Waals surface area contributed by atoms with Gasteiger partial charge < -0.3 is 5.32 Å². The third-order valence-electron chi connectivity index (χ3n) is 4.01. The molecule has 1 saturated carbocycles. The quantitative estimate of drug-likeness (QED) is 0.829. The molecule has 1 unspecified atom stereocenters. The number of benzene rings is 1. The van der Waals surface area contributed by atoms with E-state index in [1.165, 1.54) is 30.4 Å². The summed E-state index contributed by atoms with van der Waals surface area (Å²) >= 11 is 7.64. The molecule has 3 rings (SSSR count). The summed E-state index contributed by atoms with van der Waals surface area (Å²) in [6, 6.07) is 4.70. The molecule has 0 saturated heterocycles. The molecule has 6 heteroatoms. The highest BCUT2D eigenvalue weighted by atomic mass is 35.5. The first kappa shape index (κ1) is 15.8. The van der Waals surface area contributed by atoms with Gasteiger partial charge in [-0.1, -0.05) is 36.0 Å². The Labute approximate surface area is 139 Å². The second-order valence-electron chi connectivity index (χ2n) is 6.09. The van der Waals surface area contributed by atoms with Gasteiger partial charge in [-0.05, 0) is 42.4 Å². The summed E-state index contributed by atoms with van der Waals surface area (Å²) in [7, 11) is 0. The van der Waals surface area contributed by atoms with Gasteiger partial charge in [0.05, 0.1) is 10.6 Å². The number of aromatic nitrogens is 2. The Morgan fingerprint density at radius 1 is 1.41 bits per heavy atom. The average Bonchev–Trinajstić information content (AvgIpc) is 3.21. The van der Waals surface area contributed by atoms with Gasteiger partial charge >= 0.3 is 0 Å². The van der Waals surface area contributed by atoms with E-state index in [9.17, 15) is 4.39 Å². The molecule has 1 N–H and O–H groups in total. The van der Waals surface area contributed by atoms with Crippen LogP contribution < -0.4 is 5.32 Å². The fraction of sp³-hybridized carbons (Fsp3) is 0.500. The largest absolute Gasteiger partial charge is 0.305 e. The Bertz CT molecular complexity index is 634. The first-order chi connectivity index (χ1) is 10.6. The zero-order chi connectivity index (χ0) is 15.7. The normalized spacial score (nSPS) is 16.2. The number of nitrogens with one attached hydrogen (secondary N) is 1. The van der Waals surface area contributed by atoms with E-state index in [4.69, 9.17) is 11.6 Å². The Morgan fingerprint density at radius 2 is 2.18 bits per heavy atom. The van der Waals surface area contributed by atoms with Crippen molar-refractivity contribution >= 4 is 23.1 Å². The topological polar surface area (TPSA) is 37.8 Å². The van der Waals surface area contributed by atoms with Crippen molar-refractivity contribution in [3.8, 4) is 0 Å². The van der Waals surface area contributed by atoms with Crippen LogP contribution in [0.2, 0.25) is 5.02 Å². The lowest BCUT2D eigenvalue weighted by molar-refractivity contribution is 0.396. The van der Waals surface area contributed by atoms with Gasteiger partial charge in [0.15, 0.2) is 0 Å². The van der Waals surface area contributed by atoms with Gasteiger partial charge in [0.1, 0.15) is 5.82 Å². The lowest BCUT2D eigenvalue weighted by Crippen LogP contribution is -2.26. The number of halogens is 2. The van der Waals surface area contributed by atoms with Gasteiger partial charge in [0, 0.05) is 29.1 Å². The van der Waals surface area contributed by atoms with Crippen molar-refractivity contribution in [2.45, 2.75) is 45.2 Å². The Hall–Kier alpha value is -1.04. The second kappa shape index (κ2) is 6.60. The molecule has 2 aromatic rings. The van der Waals surface area contributed by atoms with Crippen LogP contribution in [0.5, 0.6) is 0 Å². The van der Waals surface area contributed by atoms with Crippen molar-refractivity contribution in [3.63, 3.8) is 0 Å². The van der Waals surface area contributed by atoms with Gasteiger partial charge in [-0.2, -0.15) is 0 Å². The minimum absolute atomic E-state index is 0.136. The van der Waals surface area contributed by atoms with Crippen molar-refractivity contribution in [2.24, 2.45) is 5.92 Å². The van der Waals surface area contributed by atoms with E-state index in [2.05, 4.69) is 28.8 Å². The summed E-state index contributed by atoms with van der Waals surface area (Å²) in [4.78, 5) is 1.15. The Kier molecular flexibility index (Phi) is 4.76. The highest BCUT2D eigenvalue weighted by Gasteiger charge is 2.30. The summed E-state index contributed by atoms with van der Waals surface area (Å²) in [5.41, 5.74) is 1.66. The fourth-order valence-electron chi connectivity index (χ4n) is 2.69. The molecule has 1 aliphatic rings. The van der Waals surface area contributed by atoms with Crippen LogP contribution in [0.25, 0.3) is 0 Å². The lowest BCUT2D eigenvalue weighted by atomic mass is 9.95. The highest BCUT2D eigenvalue weighted by Crippen LogP contribution is 2.41. The summed E-state index contributed by atoms with van der Waals surface area (Å²) in [5.74, 6) is 0.535. The third kappa shape index (κ3) is 3.31. The minimum Gasteiger partial charge on any atom is -0.305 e. The standard InChI is InChI=1S/C16H19ClFN3S/c1-9(2)15(14-11(17)4-3-5-12(14)18)19-8-13-16(10-6-7-10)20-21-22-13/h3-5,9-10,15,19H,6-8H2,1-2H3. The maximum atomic E-state index is 14.2. The summed E-state index contributed by atoms with van der Waals surface area (Å²) in [5, 5.41) is 8.15. The number of hydrogen-bond donors (Lipinski definition) is 1. The van der Waals surface area contributed by atoms with Gasteiger partial charge in [-0.15, -0.1) is 5.10 Å². The third-order valence-corrected chi connectivity index (χ3v) is 5.08. The van der Waals surface area contributed by atoms with Gasteiger partial charge in [0.2, 0.25) is 0 Å². The molecular formula is C16H19ClFN3S. The molecule has 1 aromatic carbocycles. The van der Waals surface area contributed by atoms with Crippen LogP contribution in [0.3, 0.4) is 0 Å². The van der Waals surface area contributed by atoms with E-state index in [1.54, 1.807) is 12.1 Å². The van der Waals surface area contributed by atoms with Crippen molar-refractivity contribution in [2.75, 3.05) is 0 Å². The SMILES string of the molecule is CC(C)C(NCc1snnc1C1CC1)c1c(F)cccc1Cl. The van der Waals surface area contributed by atoms with Gasteiger partial charge in [-0.3, -0.25) is 0 Å². The zero-order valence-electron chi connectivity index (χ0n) is 12.6. The van der Waals surface area contributed by atoms with Crippen LogP contribution in [0.15, 0.2) is 18.2 Å². The van der Waals surface area contributed by atoms with Crippen LogP contribution >= 0.6 is 23.1 Å². The number of nitrogens with zero attached hydrogens (tertiary/aromatic N) is 2. The molecule has 1 heterocycles. The molecule has 3 nitrogen and oxygen atoms in total. The van der Waals surface area contributed by atoms with Crippen molar-refractivity contribution in [1.82, 2.24) is 14.9 Å². The number of rotatable bonds is 6. The summed E-state index contributed by atoms with van der Waals surface area (Å²) in [6.45, 7) is 4.78. The monoisotopic (exact) mass is 339 g/mol. The first-order valence-electron chi connectivity index (χ1n) is 7.56. The van der Waals surface area contributed by atoms with Crippen LogP contribution in [-0.2, 0) is 6.54 Å². The minimum atomic E-state index is -0.261. The first-order valence-corrected chi connectivity index (χ1v) is 8.71. The molecule has 1 aliphatic carbocycles. The molecule has 118 valence electrons. The van der Waals surface area contributed by atoms with Gasteiger partial charge in [-0.25, -0.2) is 4.39 Å². The van der Waals surface area contributed by atoms with Crippen LogP contribution in [0.1, 0.15) is 54.8 Å².